The Morgan fingerprint density at radius 1 is 1.21 bits per heavy atom. The molecule has 0 radical (unpaired) electrons. The average Bonchev–Trinajstić information content (AvgIpc) is 2.93. The molecular weight excluding hydrogens is 281 g/mol. The van der Waals surface area contributed by atoms with Gasteiger partial charge in [0.2, 0.25) is 0 Å². The van der Waals surface area contributed by atoms with Gasteiger partial charge in [0, 0.05) is 6.07 Å². The molecule has 0 spiro atoms. The first-order valence-electron chi connectivity index (χ1n) is 5.00. The lowest BCUT2D eigenvalue weighted by Gasteiger charge is -2.04. The SMILES string of the molecule is FC(F)(F)c1cc(=S)n(-c2ncnc3nc[nH]c23)[nH]1. The van der Waals surface area contributed by atoms with Crippen LogP contribution < -0.4 is 0 Å². The first-order valence-corrected chi connectivity index (χ1v) is 5.41. The highest BCUT2D eigenvalue weighted by molar-refractivity contribution is 7.71. The van der Waals surface area contributed by atoms with Crippen LogP contribution in [0.5, 0.6) is 0 Å². The lowest BCUT2D eigenvalue weighted by atomic mass is 10.4. The van der Waals surface area contributed by atoms with Crippen molar-refractivity contribution in [3.8, 4) is 5.82 Å². The maximum atomic E-state index is 12.6. The van der Waals surface area contributed by atoms with E-state index in [1.54, 1.807) is 0 Å². The zero-order valence-corrected chi connectivity index (χ0v) is 9.88. The number of rotatable bonds is 1. The molecule has 3 aromatic rings. The molecule has 0 aromatic carbocycles. The van der Waals surface area contributed by atoms with E-state index >= 15 is 0 Å². The minimum absolute atomic E-state index is 0.0399. The number of fused-ring (bicyclic) bond motifs is 1. The van der Waals surface area contributed by atoms with Gasteiger partial charge in [0.15, 0.2) is 11.5 Å². The van der Waals surface area contributed by atoms with E-state index in [1.165, 1.54) is 12.7 Å². The molecule has 0 saturated heterocycles. The fourth-order valence-corrected chi connectivity index (χ4v) is 1.87. The van der Waals surface area contributed by atoms with Gasteiger partial charge < -0.3 is 4.98 Å². The molecule has 6 nitrogen and oxygen atoms in total. The quantitative estimate of drug-likeness (QED) is 0.673. The van der Waals surface area contributed by atoms with Crippen molar-refractivity contribution in [1.82, 2.24) is 29.7 Å². The monoisotopic (exact) mass is 286 g/mol. The molecule has 0 unspecified atom stereocenters. The largest absolute Gasteiger partial charge is 0.432 e. The normalized spacial score (nSPS) is 12.2. The fourth-order valence-electron chi connectivity index (χ4n) is 1.62. The number of aromatic nitrogens is 6. The molecule has 0 aliphatic heterocycles. The van der Waals surface area contributed by atoms with Crippen molar-refractivity contribution >= 4 is 23.4 Å². The van der Waals surface area contributed by atoms with Gasteiger partial charge >= 0.3 is 6.18 Å². The molecule has 0 bridgehead atoms. The van der Waals surface area contributed by atoms with Gasteiger partial charge in [-0.25, -0.2) is 19.6 Å². The van der Waals surface area contributed by atoms with Crippen LogP contribution in [-0.4, -0.2) is 29.7 Å². The van der Waals surface area contributed by atoms with Crippen molar-refractivity contribution in [3.05, 3.63) is 29.1 Å². The van der Waals surface area contributed by atoms with E-state index in [2.05, 4.69) is 25.0 Å². The van der Waals surface area contributed by atoms with Crippen molar-refractivity contribution in [2.24, 2.45) is 0 Å². The van der Waals surface area contributed by atoms with E-state index in [0.29, 0.717) is 11.2 Å². The van der Waals surface area contributed by atoms with E-state index in [4.69, 9.17) is 12.2 Å². The number of alkyl halides is 3. The maximum absolute atomic E-state index is 12.6. The molecule has 0 amide bonds. The van der Waals surface area contributed by atoms with E-state index in [-0.39, 0.29) is 10.5 Å². The summed E-state index contributed by atoms with van der Waals surface area (Å²) in [5.41, 5.74) is -0.201. The van der Waals surface area contributed by atoms with Crippen LogP contribution in [0, 0.1) is 4.64 Å². The smallest absolute Gasteiger partial charge is 0.340 e. The first-order chi connectivity index (χ1) is 8.97. The first kappa shape index (κ1) is 11.8. The third kappa shape index (κ3) is 1.89. The second-order valence-corrected chi connectivity index (χ2v) is 4.06. The average molecular weight is 286 g/mol. The Hall–Kier alpha value is -2.23. The number of halogens is 3. The number of aromatic amines is 2. The summed E-state index contributed by atoms with van der Waals surface area (Å²) >= 11 is 4.90. The van der Waals surface area contributed by atoms with Crippen molar-refractivity contribution < 1.29 is 13.2 Å². The molecule has 0 fully saturated rings. The van der Waals surface area contributed by atoms with Gasteiger partial charge in [-0.05, 0) is 0 Å². The van der Waals surface area contributed by atoms with E-state index in [1.807, 2.05) is 0 Å². The number of nitrogens with zero attached hydrogens (tertiary/aromatic N) is 4. The Morgan fingerprint density at radius 3 is 2.68 bits per heavy atom. The number of imidazole rings is 1. The van der Waals surface area contributed by atoms with E-state index < -0.39 is 11.9 Å². The van der Waals surface area contributed by atoms with Crippen LogP contribution in [0.4, 0.5) is 13.2 Å². The molecule has 0 aliphatic rings. The molecule has 19 heavy (non-hydrogen) atoms. The van der Waals surface area contributed by atoms with Crippen LogP contribution in [0.2, 0.25) is 0 Å². The molecular formula is C9H5F3N6S. The Morgan fingerprint density at radius 2 is 2.00 bits per heavy atom. The Kier molecular flexibility index (Phi) is 2.42. The zero-order valence-electron chi connectivity index (χ0n) is 9.06. The van der Waals surface area contributed by atoms with Crippen molar-refractivity contribution in [3.63, 3.8) is 0 Å². The van der Waals surface area contributed by atoms with Crippen LogP contribution in [0.15, 0.2) is 18.7 Å². The van der Waals surface area contributed by atoms with Crippen LogP contribution in [0.1, 0.15) is 5.69 Å². The molecule has 0 atom stereocenters. The summed E-state index contributed by atoms with van der Waals surface area (Å²) in [5.74, 6) is 0.183. The standard InChI is InChI=1S/C9H5F3N6S/c10-9(11,12)4-1-5(19)18(17-4)8-6-7(14-2-13-6)15-3-16-8/h1-3,17H,(H,13,14,15,16). The van der Waals surface area contributed by atoms with Gasteiger partial charge in [0.05, 0.1) is 6.33 Å². The summed E-state index contributed by atoms with van der Waals surface area (Å²) in [6, 6.07) is 0.833. The van der Waals surface area contributed by atoms with Gasteiger partial charge in [-0.15, -0.1) is 0 Å². The van der Waals surface area contributed by atoms with Crippen LogP contribution in [0.25, 0.3) is 17.0 Å². The molecule has 0 aliphatic carbocycles. The van der Waals surface area contributed by atoms with Gasteiger partial charge in [-0.1, -0.05) is 12.2 Å². The number of hydrogen-bond donors (Lipinski definition) is 2. The minimum Gasteiger partial charge on any atom is -0.340 e. The molecule has 10 heteroatoms. The molecule has 0 saturated carbocycles. The lowest BCUT2D eigenvalue weighted by Crippen LogP contribution is -2.08. The van der Waals surface area contributed by atoms with E-state index in [9.17, 15) is 13.2 Å². The maximum Gasteiger partial charge on any atom is 0.432 e. The lowest BCUT2D eigenvalue weighted by molar-refractivity contribution is -0.141. The van der Waals surface area contributed by atoms with Gasteiger partial charge in [-0.3, -0.25) is 5.10 Å². The highest BCUT2D eigenvalue weighted by Gasteiger charge is 2.33. The molecule has 3 rings (SSSR count). The summed E-state index contributed by atoms with van der Waals surface area (Å²) in [4.78, 5) is 14.5. The molecule has 2 N–H and O–H groups in total. The van der Waals surface area contributed by atoms with Crippen molar-refractivity contribution in [2.45, 2.75) is 6.18 Å². The van der Waals surface area contributed by atoms with Gasteiger partial charge in [0.25, 0.3) is 0 Å². The number of hydrogen-bond acceptors (Lipinski definition) is 4. The topological polar surface area (TPSA) is 75.2 Å². The Bertz CT molecular complexity index is 798. The van der Waals surface area contributed by atoms with Gasteiger partial charge in [0.1, 0.15) is 22.2 Å². The third-order valence-electron chi connectivity index (χ3n) is 2.44. The summed E-state index contributed by atoms with van der Waals surface area (Å²) in [7, 11) is 0. The molecule has 3 heterocycles. The molecule has 3 aromatic heterocycles. The third-order valence-corrected chi connectivity index (χ3v) is 2.74. The predicted octanol–water partition coefficient (Wildman–Crippen LogP) is 2.22. The Labute approximate surface area is 108 Å². The highest BCUT2D eigenvalue weighted by Crippen LogP contribution is 2.28. The summed E-state index contributed by atoms with van der Waals surface area (Å²) in [5, 5.41) is 2.17. The van der Waals surface area contributed by atoms with E-state index in [0.717, 1.165) is 10.7 Å². The predicted molar refractivity (Wildman–Crippen MR) is 61.2 cm³/mol. The highest BCUT2D eigenvalue weighted by atomic mass is 32.1. The second kappa shape index (κ2) is 3.88. The van der Waals surface area contributed by atoms with Crippen LogP contribution >= 0.6 is 12.2 Å². The molecule has 98 valence electrons. The van der Waals surface area contributed by atoms with Crippen molar-refractivity contribution in [2.75, 3.05) is 0 Å². The Balaban J connectivity index is 2.25. The summed E-state index contributed by atoms with van der Waals surface area (Å²) < 4.78 is 38.8. The second-order valence-electron chi connectivity index (χ2n) is 3.64. The van der Waals surface area contributed by atoms with Crippen LogP contribution in [0.3, 0.4) is 0 Å². The minimum atomic E-state index is -4.50. The van der Waals surface area contributed by atoms with Crippen molar-refractivity contribution in [1.29, 1.82) is 0 Å². The number of nitrogens with one attached hydrogen (secondary N) is 2. The van der Waals surface area contributed by atoms with Crippen LogP contribution in [-0.2, 0) is 6.18 Å². The summed E-state index contributed by atoms with van der Waals surface area (Å²) in [6.45, 7) is 0. The summed E-state index contributed by atoms with van der Waals surface area (Å²) in [6.07, 6.45) is -1.92. The fraction of sp³-hybridized carbons (Fsp3) is 0.111. The number of H-pyrrole nitrogens is 2. The zero-order chi connectivity index (χ0) is 13.6. The van der Waals surface area contributed by atoms with Gasteiger partial charge in [-0.2, -0.15) is 13.2 Å².